The summed E-state index contributed by atoms with van der Waals surface area (Å²) in [5.74, 6) is 1.90. The van der Waals surface area contributed by atoms with Crippen molar-refractivity contribution in [2.45, 2.75) is 77.6 Å². The van der Waals surface area contributed by atoms with Crippen molar-refractivity contribution < 1.29 is 28.6 Å². The molecule has 2 fully saturated rings. The van der Waals surface area contributed by atoms with Gasteiger partial charge in [-0.3, -0.25) is 4.79 Å². The SMILES string of the molecule is C=CC(=O)OCCCCOC(=O)c1ccc(OC(=O)C2CCC(C3CCC(CC)CC3)CC2)cc1. The highest BCUT2D eigenvalue weighted by atomic mass is 16.5. The standard InChI is InChI=1S/C29H40O6/c1-3-21-7-9-22(10-8-21)23-11-13-25(14-12-23)29(32)35-26-17-15-24(16-18-26)28(31)34-20-6-5-19-33-27(30)4-2/h4,15-18,21-23,25H,2-3,5-14,19-20H2,1H3. The van der Waals surface area contributed by atoms with Gasteiger partial charge in [0.05, 0.1) is 24.7 Å². The first-order valence-corrected chi connectivity index (χ1v) is 13.3. The van der Waals surface area contributed by atoms with E-state index in [0.717, 1.165) is 49.5 Å². The lowest BCUT2D eigenvalue weighted by molar-refractivity contribution is -0.140. The Morgan fingerprint density at radius 3 is 2.00 bits per heavy atom. The lowest BCUT2D eigenvalue weighted by Gasteiger charge is -2.37. The summed E-state index contributed by atoms with van der Waals surface area (Å²) in [6.45, 7) is 6.14. The van der Waals surface area contributed by atoms with Gasteiger partial charge in [0.1, 0.15) is 5.75 Å². The first-order chi connectivity index (χ1) is 17.0. The molecule has 0 bridgehead atoms. The van der Waals surface area contributed by atoms with Crippen molar-refractivity contribution in [1.82, 2.24) is 0 Å². The molecule has 2 aliphatic carbocycles. The first-order valence-electron chi connectivity index (χ1n) is 13.3. The number of benzene rings is 1. The minimum atomic E-state index is -0.458. The molecular formula is C29H40O6. The van der Waals surface area contributed by atoms with Crippen LogP contribution in [-0.4, -0.2) is 31.1 Å². The number of carbonyl (C=O) groups is 3. The molecule has 0 amide bonds. The quantitative estimate of drug-likeness (QED) is 0.159. The van der Waals surface area contributed by atoms with E-state index in [0.29, 0.717) is 24.2 Å². The van der Waals surface area contributed by atoms with Gasteiger partial charge < -0.3 is 14.2 Å². The maximum Gasteiger partial charge on any atom is 0.338 e. The van der Waals surface area contributed by atoms with Crippen LogP contribution in [0.2, 0.25) is 0 Å². The fourth-order valence-corrected chi connectivity index (χ4v) is 5.44. The Balaban J connectivity index is 1.34. The molecule has 3 rings (SSSR count). The Morgan fingerprint density at radius 2 is 1.43 bits per heavy atom. The van der Waals surface area contributed by atoms with E-state index in [1.54, 1.807) is 24.3 Å². The van der Waals surface area contributed by atoms with Crippen LogP contribution in [0.15, 0.2) is 36.9 Å². The molecule has 0 heterocycles. The van der Waals surface area contributed by atoms with E-state index in [4.69, 9.17) is 14.2 Å². The van der Waals surface area contributed by atoms with Crippen molar-refractivity contribution in [3.63, 3.8) is 0 Å². The van der Waals surface area contributed by atoms with E-state index in [-0.39, 0.29) is 25.1 Å². The van der Waals surface area contributed by atoms with Crippen LogP contribution >= 0.6 is 0 Å². The smallest absolute Gasteiger partial charge is 0.338 e. The molecule has 0 saturated heterocycles. The molecule has 0 radical (unpaired) electrons. The summed E-state index contributed by atoms with van der Waals surface area (Å²) in [4.78, 5) is 35.8. The predicted molar refractivity (Wildman–Crippen MR) is 134 cm³/mol. The number of hydrogen-bond donors (Lipinski definition) is 0. The van der Waals surface area contributed by atoms with Crippen LogP contribution in [-0.2, 0) is 19.1 Å². The summed E-state index contributed by atoms with van der Waals surface area (Å²) in [5, 5.41) is 0. The zero-order valence-electron chi connectivity index (χ0n) is 21.0. The van der Waals surface area contributed by atoms with Crippen molar-refractivity contribution in [2.24, 2.45) is 23.7 Å². The van der Waals surface area contributed by atoms with Gasteiger partial charge in [0.25, 0.3) is 0 Å². The van der Waals surface area contributed by atoms with Crippen molar-refractivity contribution in [3.8, 4) is 5.75 Å². The molecule has 1 aromatic rings. The molecule has 2 aliphatic rings. The third-order valence-electron chi connectivity index (χ3n) is 7.73. The molecule has 2 saturated carbocycles. The Kier molecular flexibility index (Phi) is 10.8. The average molecular weight is 485 g/mol. The zero-order valence-corrected chi connectivity index (χ0v) is 21.0. The number of ether oxygens (including phenoxy) is 3. The van der Waals surface area contributed by atoms with Gasteiger partial charge in [0.15, 0.2) is 0 Å². The Hall–Kier alpha value is -2.63. The average Bonchev–Trinajstić information content (AvgIpc) is 2.90. The van der Waals surface area contributed by atoms with Crippen LogP contribution in [0, 0.1) is 23.7 Å². The van der Waals surface area contributed by atoms with Gasteiger partial charge in [-0.25, -0.2) is 9.59 Å². The summed E-state index contributed by atoms with van der Waals surface area (Å²) in [7, 11) is 0. The second kappa shape index (κ2) is 14.1. The van der Waals surface area contributed by atoms with Crippen LogP contribution in [0.25, 0.3) is 0 Å². The minimum Gasteiger partial charge on any atom is -0.463 e. The highest BCUT2D eigenvalue weighted by Crippen LogP contribution is 2.42. The van der Waals surface area contributed by atoms with Gasteiger partial charge in [0.2, 0.25) is 0 Å². The molecule has 0 N–H and O–H groups in total. The summed E-state index contributed by atoms with van der Waals surface area (Å²) in [5.41, 5.74) is 0.404. The molecule has 0 atom stereocenters. The molecule has 0 unspecified atom stereocenters. The van der Waals surface area contributed by atoms with Crippen LogP contribution in [0.5, 0.6) is 5.75 Å². The van der Waals surface area contributed by atoms with Gasteiger partial charge in [0, 0.05) is 6.08 Å². The molecule has 1 aromatic carbocycles. The van der Waals surface area contributed by atoms with Crippen molar-refractivity contribution >= 4 is 17.9 Å². The number of rotatable bonds is 11. The lowest BCUT2D eigenvalue weighted by Crippen LogP contribution is -2.30. The van der Waals surface area contributed by atoms with Gasteiger partial charge in [-0.1, -0.05) is 32.8 Å². The number of hydrogen-bond acceptors (Lipinski definition) is 6. The highest BCUT2D eigenvalue weighted by Gasteiger charge is 2.33. The number of unbranched alkanes of at least 4 members (excludes halogenated alkanes) is 1. The second-order valence-corrected chi connectivity index (χ2v) is 9.96. The zero-order chi connectivity index (χ0) is 25.0. The van der Waals surface area contributed by atoms with Crippen LogP contribution in [0.1, 0.15) is 87.9 Å². The van der Waals surface area contributed by atoms with Gasteiger partial charge in [-0.05, 0) is 93.4 Å². The molecule has 0 aromatic heterocycles. The predicted octanol–water partition coefficient (Wildman–Crippen LogP) is 6.28. The van der Waals surface area contributed by atoms with Crippen molar-refractivity contribution in [2.75, 3.05) is 13.2 Å². The molecule has 0 spiro atoms. The molecule has 6 nitrogen and oxygen atoms in total. The van der Waals surface area contributed by atoms with E-state index in [2.05, 4.69) is 13.5 Å². The number of esters is 3. The Bertz CT molecular complexity index is 829. The van der Waals surface area contributed by atoms with E-state index >= 15 is 0 Å². The third-order valence-corrected chi connectivity index (χ3v) is 7.73. The minimum absolute atomic E-state index is 0.0337. The largest absolute Gasteiger partial charge is 0.463 e. The molecule has 0 aliphatic heterocycles. The van der Waals surface area contributed by atoms with Crippen molar-refractivity contribution in [1.29, 1.82) is 0 Å². The first kappa shape index (κ1) is 27.0. The van der Waals surface area contributed by atoms with Crippen LogP contribution in [0.4, 0.5) is 0 Å². The molecular weight excluding hydrogens is 444 g/mol. The molecule has 35 heavy (non-hydrogen) atoms. The van der Waals surface area contributed by atoms with E-state index < -0.39 is 11.9 Å². The second-order valence-electron chi connectivity index (χ2n) is 9.96. The summed E-state index contributed by atoms with van der Waals surface area (Å²) >= 11 is 0. The topological polar surface area (TPSA) is 78.9 Å². The Morgan fingerprint density at radius 1 is 0.857 bits per heavy atom. The van der Waals surface area contributed by atoms with E-state index in [1.807, 2.05) is 0 Å². The Labute approximate surface area is 209 Å². The maximum absolute atomic E-state index is 12.7. The normalized spacial score (nSPS) is 24.3. The third kappa shape index (κ3) is 8.52. The summed E-state index contributed by atoms with van der Waals surface area (Å²) < 4.78 is 15.7. The van der Waals surface area contributed by atoms with Gasteiger partial charge >= 0.3 is 17.9 Å². The van der Waals surface area contributed by atoms with Gasteiger partial charge in [-0.15, -0.1) is 0 Å². The van der Waals surface area contributed by atoms with Crippen molar-refractivity contribution in [3.05, 3.63) is 42.5 Å². The summed E-state index contributed by atoms with van der Waals surface area (Å²) in [6.07, 6.45) is 13.2. The van der Waals surface area contributed by atoms with Crippen LogP contribution < -0.4 is 4.74 Å². The highest BCUT2D eigenvalue weighted by molar-refractivity contribution is 5.89. The van der Waals surface area contributed by atoms with E-state index in [9.17, 15) is 14.4 Å². The maximum atomic E-state index is 12.7. The molecule has 6 heteroatoms. The monoisotopic (exact) mass is 484 g/mol. The van der Waals surface area contributed by atoms with Crippen LogP contribution in [0.3, 0.4) is 0 Å². The summed E-state index contributed by atoms with van der Waals surface area (Å²) in [6, 6.07) is 6.50. The van der Waals surface area contributed by atoms with Gasteiger partial charge in [-0.2, -0.15) is 0 Å². The fourth-order valence-electron chi connectivity index (χ4n) is 5.44. The fraction of sp³-hybridized carbons (Fsp3) is 0.621. The van der Waals surface area contributed by atoms with E-state index in [1.165, 1.54) is 32.1 Å². The number of carbonyl (C=O) groups excluding carboxylic acids is 3. The lowest BCUT2D eigenvalue weighted by atomic mass is 9.69. The molecule has 192 valence electrons.